The summed E-state index contributed by atoms with van der Waals surface area (Å²) in [5.41, 5.74) is -0.412. The van der Waals surface area contributed by atoms with Crippen molar-refractivity contribution in [2.45, 2.75) is 20.3 Å². The molecule has 0 spiro atoms. The molecule has 1 aromatic carbocycles. The minimum absolute atomic E-state index is 0.0550. The van der Waals surface area contributed by atoms with E-state index in [0.29, 0.717) is 21.6 Å². The topological polar surface area (TPSA) is 78.4 Å². The molecule has 0 aromatic heterocycles. The maximum Gasteiger partial charge on any atom is 0.319 e. The Morgan fingerprint density at radius 1 is 1.45 bits per heavy atom. The second-order valence-electron chi connectivity index (χ2n) is 4.66. The van der Waals surface area contributed by atoms with Gasteiger partial charge in [-0.25, -0.2) is 4.79 Å². The van der Waals surface area contributed by atoms with Gasteiger partial charge in [0, 0.05) is 16.7 Å². The Hall–Kier alpha value is -1.27. The summed E-state index contributed by atoms with van der Waals surface area (Å²) in [4.78, 5) is 22.8. The molecule has 0 aliphatic heterocycles. The van der Waals surface area contributed by atoms with Crippen molar-refractivity contribution < 1.29 is 14.7 Å². The van der Waals surface area contributed by atoms with Crippen molar-refractivity contribution in [3.8, 4) is 0 Å². The molecule has 1 unspecified atom stereocenters. The fourth-order valence-electron chi connectivity index (χ4n) is 1.38. The average molecular weight is 364 g/mol. The number of aliphatic carboxylic acids is 1. The molecule has 0 saturated carbocycles. The fraction of sp³-hybridized carbons (Fsp3) is 0.385. The van der Waals surface area contributed by atoms with Crippen molar-refractivity contribution in [3.63, 3.8) is 0 Å². The number of carboxylic acid groups (broad SMARTS) is 1. The minimum atomic E-state index is -0.974. The zero-order valence-electron chi connectivity index (χ0n) is 11.2. The SMILES string of the molecule is CCC(C)(CNC(=O)Nc1ccc(Cl)c(Br)c1)C(=O)O. The van der Waals surface area contributed by atoms with Crippen molar-refractivity contribution in [2.24, 2.45) is 5.41 Å². The van der Waals surface area contributed by atoms with E-state index in [2.05, 4.69) is 26.6 Å². The molecule has 1 aromatic rings. The van der Waals surface area contributed by atoms with E-state index >= 15 is 0 Å². The highest BCUT2D eigenvalue weighted by atomic mass is 79.9. The van der Waals surface area contributed by atoms with Gasteiger partial charge >= 0.3 is 12.0 Å². The van der Waals surface area contributed by atoms with Crippen LogP contribution in [0.2, 0.25) is 5.02 Å². The molecule has 0 aliphatic rings. The van der Waals surface area contributed by atoms with Gasteiger partial charge in [0.1, 0.15) is 0 Å². The zero-order chi connectivity index (χ0) is 15.3. The molecular weight excluding hydrogens is 348 g/mol. The van der Waals surface area contributed by atoms with Gasteiger partial charge in [-0.15, -0.1) is 0 Å². The molecule has 1 atom stereocenters. The number of hydrogen-bond acceptors (Lipinski definition) is 2. The lowest BCUT2D eigenvalue weighted by molar-refractivity contribution is -0.147. The third kappa shape index (κ3) is 4.38. The number of halogens is 2. The second-order valence-corrected chi connectivity index (χ2v) is 5.92. The lowest BCUT2D eigenvalue weighted by Gasteiger charge is -2.23. The summed E-state index contributed by atoms with van der Waals surface area (Å²) >= 11 is 9.11. The quantitative estimate of drug-likeness (QED) is 0.746. The third-order valence-electron chi connectivity index (χ3n) is 3.11. The highest BCUT2D eigenvalue weighted by molar-refractivity contribution is 9.10. The summed E-state index contributed by atoms with van der Waals surface area (Å²) in [6.45, 7) is 3.41. The highest BCUT2D eigenvalue weighted by Crippen LogP contribution is 2.25. The average Bonchev–Trinajstić information content (AvgIpc) is 2.40. The molecule has 2 amide bonds. The van der Waals surface area contributed by atoms with Crippen molar-refractivity contribution in [1.82, 2.24) is 5.32 Å². The summed E-state index contributed by atoms with van der Waals surface area (Å²) in [6, 6.07) is 4.51. The number of hydrogen-bond donors (Lipinski definition) is 3. The minimum Gasteiger partial charge on any atom is -0.481 e. The first-order chi connectivity index (χ1) is 9.28. The van der Waals surface area contributed by atoms with Crippen LogP contribution in [0.4, 0.5) is 10.5 Å². The summed E-state index contributed by atoms with van der Waals surface area (Å²) in [5, 5.41) is 14.8. The monoisotopic (exact) mass is 362 g/mol. The van der Waals surface area contributed by atoms with Crippen molar-refractivity contribution in [2.75, 3.05) is 11.9 Å². The molecule has 7 heteroatoms. The van der Waals surface area contributed by atoms with E-state index in [-0.39, 0.29) is 6.54 Å². The fourth-order valence-corrected chi connectivity index (χ4v) is 1.87. The van der Waals surface area contributed by atoms with Gasteiger partial charge in [-0.2, -0.15) is 0 Å². The van der Waals surface area contributed by atoms with Gasteiger partial charge in [0.15, 0.2) is 0 Å². The summed E-state index contributed by atoms with van der Waals surface area (Å²) < 4.78 is 0.667. The molecule has 5 nitrogen and oxygen atoms in total. The van der Waals surface area contributed by atoms with Crippen LogP contribution in [0.15, 0.2) is 22.7 Å². The number of rotatable bonds is 5. The Morgan fingerprint density at radius 2 is 2.10 bits per heavy atom. The number of carbonyl (C=O) groups is 2. The molecule has 1 rings (SSSR count). The first-order valence-corrected chi connectivity index (χ1v) is 7.19. The Balaban J connectivity index is 2.60. The van der Waals surface area contributed by atoms with Crippen molar-refractivity contribution in [3.05, 3.63) is 27.7 Å². The first kappa shape index (κ1) is 16.8. The van der Waals surface area contributed by atoms with Gasteiger partial charge in [-0.1, -0.05) is 18.5 Å². The number of urea groups is 1. The van der Waals surface area contributed by atoms with E-state index < -0.39 is 17.4 Å². The molecule has 0 radical (unpaired) electrons. The summed E-state index contributed by atoms with van der Waals surface area (Å²) in [7, 11) is 0. The van der Waals surface area contributed by atoms with Gasteiger partial charge in [-0.05, 0) is 47.5 Å². The van der Waals surface area contributed by atoms with Crippen LogP contribution in [0.3, 0.4) is 0 Å². The molecule has 0 bridgehead atoms. The van der Waals surface area contributed by atoms with E-state index in [9.17, 15) is 9.59 Å². The molecule has 20 heavy (non-hydrogen) atoms. The molecule has 3 N–H and O–H groups in total. The normalized spacial score (nSPS) is 13.4. The summed E-state index contributed by atoms with van der Waals surface area (Å²) in [6.07, 6.45) is 0.426. The van der Waals surface area contributed by atoms with Crippen LogP contribution in [0.1, 0.15) is 20.3 Å². The number of amides is 2. The van der Waals surface area contributed by atoms with Crippen LogP contribution in [-0.4, -0.2) is 23.7 Å². The van der Waals surface area contributed by atoms with Crippen LogP contribution < -0.4 is 10.6 Å². The third-order valence-corrected chi connectivity index (χ3v) is 4.33. The Labute approximate surface area is 130 Å². The Kier molecular flexibility index (Phi) is 5.83. The second kappa shape index (κ2) is 6.95. The number of nitrogens with one attached hydrogen (secondary N) is 2. The zero-order valence-corrected chi connectivity index (χ0v) is 13.5. The summed E-state index contributed by atoms with van der Waals surface area (Å²) in [5.74, 6) is -0.936. The van der Waals surface area contributed by atoms with E-state index in [1.165, 1.54) is 0 Å². The largest absolute Gasteiger partial charge is 0.481 e. The van der Waals surface area contributed by atoms with Crippen LogP contribution in [0.5, 0.6) is 0 Å². The van der Waals surface area contributed by atoms with E-state index in [1.54, 1.807) is 32.0 Å². The molecule has 0 saturated heterocycles. The van der Waals surface area contributed by atoms with Gasteiger partial charge in [0.25, 0.3) is 0 Å². The van der Waals surface area contributed by atoms with Crippen LogP contribution >= 0.6 is 27.5 Å². The van der Waals surface area contributed by atoms with E-state index in [4.69, 9.17) is 16.7 Å². The van der Waals surface area contributed by atoms with Gasteiger partial charge in [-0.3, -0.25) is 4.79 Å². The number of benzene rings is 1. The number of anilines is 1. The smallest absolute Gasteiger partial charge is 0.319 e. The predicted octanol–water partition coefficient (Wildman–Crippen LogP) is 3.72. The van der Waals surface area contributed by atoms with E-state index in [0.717, 1.165) is 0 Å². The molecule has 0 heterocycles. The first-order valence-electron chi connectivity index (χ1n) is 6.02. The lowest BCUT2D eigenvalue weighted by Crippen LogP contribution is -2.42. The van der Waals surface area contributed by atoms with Gasteiger partial charge < -0.3 is 15.7 Å². The lowest BCUT2D eigenvalue weighted by atomic mass is 9.88. The number of carbonyl (C=O) groups excluding carboxylic acids is 1. The van der Waals surface area contributed by atoms with Crippen LogP contribution in [0, 0.1) is 5.41 Å². The number of carboxylic acids is 1. The maximum absolute atomic E-state index is 11.7. The van der Waals surface area contributed by atoms with Gasteiger partial charge in [0.2, 0.25) is 0 Å². The van der Waals surface area contributed by atoms with Crippen LogP contribution in [-0.2, 0) is 4.79 Å². The Bertz CT molecular complexity index is 524. The van der Waals surface area contributed by atoms with E-state index in [1.807, 2.05) is 0 Å². The molecule has 110 valence electrons. The molecule has 0 fully saturated rings. The predicted molar refractivity (Wildman–Crippen MR) is 82.2 cm³/mol. The van der Waals surface area contributed by atoms with Gasteiger partial charge in [0.05, 0.1) is 10.4 Å². The standard InChI is InChI=1S/C13H16BrClN2O3/c1-3-13(2,11(18)19)7-16-12(20)17-8-4-5-10(15)9(14)6-8/h4-6H,3,7H2,1-2H3,(H,18,19)(H2,16,17,20). The maximum atomic E-state index is 11.7. The van der Waals surface area contributed by atoms with Crippen molar-refractivity contribution >= 4 is 45.2 Å². The van der Waals surface area contributed by atoms with Crippen molar-refractivity contribution in [1.29, 1.82) is 0 Å². The highest BCUT2D eigenvalue weighted by Gasteiger charge is 2.31. The Morgan fingerprint density at radius 3 is 2.60 bits per heavy atom. The molecular formula is C13H16BrClN2O3. The molecule has 0 aliphatic carbocycles. The van der Waals surface area contributed by atoms with Crippen LogP contribution in [0.25, 0.3) is 0 Å².